The lowest BCUT2D eigenvalue weighted by Crippen LogP contribution is -1.95. The summed E-state index contributed by atoms with van der Waals surface area (Å²) in [5.41, 5.74) is 1.93. The monoisotopic (exact) mass is 244 g/mol. The molecule has 0 aliphatic carbocycles. The van der Waals surface area contributed by atoms with Gasteiger partial charge in [-0.05, 0) is 29.7 Å². The van der Waals surface area contributed by atoms with Gasteiger partial charge in [0.15, 0.2) is 0 Å². The molecule has 0 amide bonds. The van der Waals surface area contributed by atoms with Gasteiger partial charge in [-0.15, -0.1) is 0 Å². The van der Waals surface area contributed by atoms with Gasteiger partial charge < -0.3 is 0 Å². The lowest BCUT2D eigenvalue weighted by molar-refractivity contribution is 0.609. The van der Waals surface area contributed by atoms with Gasteiger partial charge in [0.05, 0.1) is 4.90 Å². The summed E-state index contributed by atoms with van der Waals surface area (Å²) in [6.45, 7) is 5.72. The van der Waals surface area contributed by atoms with Crippen LogP contribution in [0.2, 0.25) is 0 Å². The largest absolute Gasteiger partial charge is 0.261 e. The molecule has 0 aliphatic rings. The van der Waals surface area contributed by atoms with Crippen molar-refractivity contribution in [3.05, 3.63) is 35.9 Å². The number of benzene rings is 1. The van der Waals surface area contributed by atoms with Crippen LogP contribution in [0.1, 0.15) is 24.5 Å². The zero-order valence-corrected chi connectivity index (χ0v) is 10.1. The highest BCUT2D eigenvalue weighted by atomic mass is 35.7. The van der Waals surface area contributed by atoms with E-state index in [1.54, 1.807) is 18.2 Å². The van der Waals surface area contributed by atoms with Crippen molar-refractivity contribution in [2.24, 2.45) is 0 Å². The number of aryl methyl sites for hydroxylation is 1. The van der Waals surface area contributed by atoms with Crippen molar-refractivity contribution in [2.45, 2.75) is 24.7 Å². The Morgan fingerprint density at radius 3 is 2.60 bits per heavy atom. The lowest BCUT2D eigenvalue weighted by Gasteiger charge is -2.06. The number of hydrogen-bond donors (Lipinski definition) is 0. The van der Waals surface area contributed by atoms with Gasteiger partial charge in [-0.3, -0.25) is 0 Å². The van der Waals surface area contributed by atoms with Gasteiger partial charge in [-0.25, -0.2) is 8.42 Å². The summed E-state index contributed by atoms with van der Waals surface area (Å²) >= 11 is 0. The fourth-order valence-electron chi connectivity index (χ4n) is 1.42. The summed E-state index contributed by atoms with van der Waals surface area (Å²) in [4.78, 5) is 0.151. The van der Waals surface area contributed by atoms with Gasteiger partial charge in [0.25, 0.3) is 9.05 Å². The SMILES string of the molecule is C=Cc1ccc(S(=O)(=O)Cl)cc1CCC. The first kappa shape index (κ1) is 12.3. The maximum absolute atomic E-state index is 11.1. The highest BCUT2D eigenvalue weighted by Gasteiger charge is 2.11. The summed E-state index contributed by atoms with van der Waals surface area (Å²) in [5, 5.41) is 0. The Morgan fingerprint density at radius 2 is 2.13 bits per heavy atom. The van der Waals surface area contributed by atoms with Crippen LogP contribution in [-0.4, -0.2) is 8.42 Å². The highest BCUT2D eigenvalue weighted by Crippen LogP contribution is 2.21. The molecule has 1 aromatic rings. The Kier molecular flexibility index (Phi) is 3.94. The van der Waals surface area contributed by atoms with E-state index in [9.17, 15) is 8.42 Å². The molecular weight excluding hydrogens is 232 g/mol. The molecule has 15 heavy (non-hydrogen) atoms. The molecule has 1 aromatic carbocycles. The summed E-state index contributed by atoms with van der Waals surface area (Å²) in [6, 6.07) is 4.84. The Labute approximate surface area is 95.0 Å². The third-order valence-corrected chi connectivity index (χ3v) is 3.49. The van der Waals surface area contributed by atoms with Gasteiger partial charge in [-0.1, -0.05) is 32.1 Å². The molecule has 0 bridgehead atoms. The molecule has 4 heteroatoms. The molecule has 0 fully saturated rings. The van der Waals surface area contributed by atoms with Crippen molar-refractivity contribution in [1.82, 2.24) is 0 Å². The van der Waals surface area contributed by atoms with Crippen LogP contribution in [0.5, 0.6) is 0 Å². The van der Waals surface area contributed by atoms with E-state index in [4.69, 9.17) is 10.7 Å². The van der Waals surface area contributed by atoms with Crippen LogP contribution >= 0.6 is 10.7 Å². The summed E-state index contributed by atoms with van der Waals surface area (Å²) in [5.74, 6) is 0. The molecule has 1 rings (SSSR count). The van der Waals surface area contributed by atoms with Gasteiger partial charge >= 0.3 is 0 Å². The minimum Gasteiger partial charge on any atom is -0.207 e. The minimum absolute atomic E-state index is 0.151. The van der Waals surface area contributed by atoms with Crippen LogP contribution in [0, 0.1) is 0 Å². The topological polar surface area (TPSA) is 34.1 Å². The van der Waals surface area contributed by atoms with Crippen molar-refractivity contribution in [1.29, 1.82) is 0 Å². The zero-order valence-electron chi connectivity index (χ0n) is 8.53. The Balaban J connectivity index is 3.28. The third kappa shape index (κ3) is 3.08. The van der Waals surface area contributed by atoms with Crippen LogP contribution in [0.15, 0.2) is 29.7 Å². The molecule has 0 unspecified atom stereocenters. The van der Waals surface area contributed by atoms with E-state index in [2.05, 4.69) is 6.58 Å². The predicted octanol–water partition coefficient (Wildman–Crippen LogP) is 3.21. The van der Waals surface area contributed by atoms with Crippen molar-refractivity contribution >= 4 is 25.8 Å². The molecule has 0 radical (unpaired) electrons. The molecular formula is C11H13ClO2S. The maximum Gasteiger partial charge on any atom is 0.261 e. The number of rotatable bonds is 4. The molecule has 0 aromatic heterocycles. The predicted molar refractivity (Wildman–Crippen MR) is 63.6 cm³/mol. The third-order valence-electron chi connectivity index (χ3n) is 2.14. The summed E-state index contributed by atoms with van der Waals surface area (Å²) in [7, 11) is 1.64. The van der Waals surface area contributed by atoms with E-state index < -0.39 is 9.05 Å². The van der Waals surface area contributed by atoms with Crippen molar-refractivity contribution < 1.29 is 8.42 Å². The van der Waals surface area contributed by atoms with Crippen LogP contribution in [0.25, 0.3) is 6.08 Å². The van der Waals surface area contributed by atoms with Gasteiger partial charge in [0.1, 0.15) is 0 Å². The number of halogens is 1. The molecule has 0 saturated carbocycles. The zero-order chi connectivity index (χ0) is 11.5. The Hall–Kier alpha value is -0.800. The average Bonchev–Trinajstić information content (AvgIpc) is 2.17. The molecule has 0 saturated heterocycles. The second kappa shape index (κ2) is 4.81. The first-order valence-corrected chi connectivity index (χ1v) is 7.00. The van der Waals surface area contributed by atoms with E-state index in [0.29, 0.717) is 0 Å². The molecule has 0 aliphatic heterocycles. The minimum atomic E-state index is -3.63. The fourth-order valence-corrected chi connectivity index (χ4v) is 2.22. The maximum atomic E-state index is 11.1. The second-order valence-corrected chi connectivity index (χ2v) is 5.82. The van der Waals surface area contributed by atoms with Crippen LogP contribution in [-0.2, 0) is 15.5 Å². The fraction of sp³-hybridized carbons (Fsp3) is 0.273. The van der Waals surface area contributed by atoms with E-state index in [-0.39, 0.29) is 4.90 Å². The van der Waals surface area contributed by atoms with Crippen molar-refractivity contribution in [2.75, 3.05) is 0 Å². The molecule has 82 valence electrons. The number of hydrogen-bond acceptors (Lipinski definition) is 2. The Morgan fingerprint density at radius 1 is 1.47 bits per heavy atom. The van der Waals surface area contributed by atoms with Crippen molar-refractivity contribution in [3.8, 4) is 0 Å². The van der Waals surface area contributed by atoms with Gasteiger partial charge in [0.2, 0.25) is 0 Å². The normalized spacial score (nSPS) is 11.3. The van der Waals surface area contributed by atoms with E-state index in [1.165, 1.54) is 6.07 Å². The summed E-state index contributed by atoms with van der Waals surface area (Å²) < 4.78 is 22.3. The van der Waals surface area contributed by atoms with E-state index in [0.717, 1.165) is 24.0 Å². The van der Waals surface area contributed by atoms with Crippen LogP contribution in [0.3, 0.4) is 0 Å². The molecule has 0 N–H and O–H groups in total. The van der Waals surface area contributed by atoms with Crippen LogP contribution < -0.4 is 0 Å². The van der Waals surface area contributed by atoms with E-state index in [1.807, 2.05) is 6.92 Å². The Bertz CT molecular complexity index is 463. The van der Waals surface area contributed by atoms with Gasteiger partial charge in [-0.2, -0.15) is 0 Å². The first-order valence-electron chi connectivity index (χ1n) is 4.69. The average molecular weight is 245 g/mol. The van der Waals surface area contributed by atoms with Crippen molar-refractivity contribution in [3.63, 3.8) is 0 Å². The summed E-state index contributed by atoms with van der Waals surface area (Å²) in [6.07, 6.45) is 3.49. The molecule has 0 spiro atoms. The quantitative estimate of drug-likeness (QED) is 0.763. The highest BCUT2D eigenvalue weighted by molar-refractivity contribution is 8.13. The lowest BCUT2D eigenvalue weighted by atomic mass is 10.0. The standard InChI is InChI=1S/C11H13ClO2S/c1-3-5-10-8-11(15(12,13)14)7-6-9(10)4-2/h4,6-8H,2-3,5H2,1H3. The molecule has 0 heterocycles. The first-order chi connectivity index (χ1) is 6.99. The molecule has 0 atom stereocenters. The van der Waals surface area contributed by atoms with E-state index >= 15 is 0 Å². The smallest absolute Gasteiger partial charge is 0.207 e. The van der Waals surface area contributed by atoms with Crippen LogP contribution in [0.4, 0.5) is 0 Å². The molecule has 2 nitrogen and oxygen atoms in total. The van der Waals surface area contributed by atoms with Gasteiger partial charge in [0, 0.05) is 10.7 Å². The second-order valence-electron chi connectivity index (χ2n) is 3.25.